The van der Waals surface area contributed by atoms with Crippen molar-refractivity contribution in [1.82, 2.24) is 19.5 Å². The van der Waals surface area contributed by atoms with Crippen molar-refractivity contribution >= 4 is 43.5 Å². The summed E-state index contributed by atoms with van der Waals surface area (Å²) in [6.45, 7) is 0. The minimum atomic E-state index is 0.708. The Kier molecular flexibility index (Phi) is 6.78. The van der Waals surface area contributed by atoms with E-state index in [4.69, 9.17) is 15.0 Å². The van der Waals surface area contributed by atoms with Gasteiger partial charge in [-0.05, 0) is 30.3 Å². The quantitative estimate of drug-likeness (QED) is 0.174. The number of pyridine rings is 1. The minimum absolute atomic E-state index is 0.708. The summed E-state index contributed by atoms with van der Waals surface area (Å²) < 4.78 is 2.42. The van der Waals surface area contributed by atoms with E-state index in [2.05, 4.69) is 150 Å². The van der Waals surface area contributed by atoms with Gasteiger partial charge in [0.2, 0.25) is 0 Å². The number of hydrogen-bond acceptors (Lipinski definition) is 3. The van der Waals surface area contributed by atoms with E-state index >= 15 is 0 Å². The van der Waals surface area contributed by atoms with E-state index in [0.717, 1.165) is 66.8 Å². The maximum atomic E-state index is 5.22. The van der Waals surface area contributed by atoms with Crippen LogP contribution >= 0.6 is 0 Å². The van der Waals surface area contributed by atoms with Crippen LogP contribution in [0.25, 0.3) is 94.3 Å². The number of benzene rings is 7. The van der Waals surface area contributed by atoms with Gasteiger partial charge in [0.15, 0.2) is 5.82 Å². The van der Waals surface area contributed by atoms with Gasteiger partial charge in [-0.3, -0.25) is 0 Å². The summed E-state index contributed by atoms with van der Waals surface area (Å²) in [5.74, 6) is 0.708. The molecule has 0 saturated carbocycles. The average molecular weight is 651 g/mol. The molecule has 0 amide bonds. The van der Waals surface area contributed by atoms with Crippen LogP contribution in [0, 0.1) is 0 Å². The van der Waals surface area contributed by atoms with E-state index in [0.29, 0.717) is 5.82 Å². The predicted octanol–water partition coefficient (Wildman–Crippen LogP) is 11.9. The molecular weight excluding hydrogens is 621 g/mol. The zero-order chi connectivity index (χ0) is 33.7. The van der Waals surface area contributed by atoms with Crippen LogP contribution in [0.3, 0.4) is 0 Å². The molecule has 0 unspecified atom stereocenters. The van der Waals surface area contributed by atoms with Crippen molar-refractivity contribution in [2.75, 3.05) is 0 Å². The van der Waals surface area contributed by atoms with Crippen molar-refractivity contribution in [1.29, 1.82) is 0 Å². The Labute approximate surface area is 295 Å². The van der Waals surface area contributed by atoms with Crippen LogP contribution in [0.4, 0.5) is 0 Å². The van der Waals surface area contributed by atoms with Crippen LogP contribution in [0.1, 0.15) is 0 Å². The lowest BCUT2D eigenvalue weighted by Crippen LogP contribution is -1.98. The van der Waals surface area contributed by atoms with Crippen molar-refractivity contribution in [3.05, 3.63) is 182 Å². The Hall–Kier alpha value is -6.91. The first-order chi connectivity index (χ1) is 25.3. The molecule has 0 fully saturated rings. The van der Waals surface area contributed by atoms with Gasteiger partial charge in [-0.25, -0.2) is 15.0 Å². The molecule has 7 aromatic carbocycles. The predicted molar refractivity (Wildman–Crippen MR) is 211 cm³/mol. The van der Waals surface area contributed by atoms with Gasteiger partial charge in [-0.1, -0.05) is 152 Å². The topological polar surface area (TPSA) is 43.6 Å². The van der Waals surface area contributed by atoms with Crippen LogP contribution in [0.15, 0.2) is 182 Å². The number of rotatable bonds is 5. The first-order valence-electron chi connectivity index (χ1n) is 17.2. The molecule has 3 heterocycles. The second kappa shape index (κ2) is 11.9. The normalized spacial score (nSPS) is 11.5. The van der Waals surface area contributed by atoms with Gasteiger partial charge in [-0.2, -0.15) is 0 Å². The van der Waals surface area contributed by atoms with Gasteiger partial charge < -0.3 is 4.57 Å². The second-order valence-electron chi connectivity index (χ2n) is 12.8. The van der Waals surface area contributed by atoms with Gasteiger partial charge in [0.25, 0.3) is 0 Å². The standard InChI is InChI=1S/C47H30N4/c1-4-14-31(15-5-1)41-30-42(50-47(49-41)34-18-8-3-9-19-34)32-24-26-35(27-25-32)51-43-23-13-11-20-36(43)37-28-29-39-44(46(37)51)38-21-10-12-22-40(38)48-45(39)33-16-6-2-7-17-33/h1-30H. The Morgan fingerprint density at radius 2 is 0.922 bits per heavy atom. The van der Waals surface area contributed by atoms with Crippen molar-refractivity contribution in [2.45, 2.75) is 0 Å². The number of aromatic nitrogens is 4. The smallest absolute Gasteiger partial charge is 0.160 e. The van der Waals surface area contributed by atoms with E-state index in [1.54, 1.807) is 0 Å². The number of hydrogen-bond donors (Lipinski definition) is 0. The van der Waals surface area contributed by atoms with Gasteiger partial charge in [-0.15, -0.1) is 0 Å². The van der Waals surface area contributed by atoms with E-state index in [1.165, 1.54) is 21.7 Å². The summed E-state index contributed by atoms with van der Waals surface area (Å²) in [5.41, 5.74) is 11.4. The lowest BCUT2D eigenvalue weighted by molar-refractivity contribution is 1.17. The molecule has 4 heteroatoms. The van der Waals surface area contributed by atoms with Crippen LogP contribution in [0.2, 0.25) is 0 Å². The third-order valence-corrected chi connectivity index (χ3v) is 9.79. The highest BCUT2D eigenvalue weighted by molar-refractivity contribution is 6.26. The molecule has 238 valence electrons. The molecular formula is C47H30N4. The molecule has 0 aliphatic heterocycles. The zero-order valence-electron chi connectivity index (χ0n) is 27.6. The van der Waals surface area contributed by atoms with E-state index in [1.807, 2.05) is 36.4 Å². The maximum absolute atomic E-state index is 5.22. The molecule has 10 aromatic rings. The molecule has 3 aromatic heterocycles. The average Bonchev–Trinajstić information content (AvgIpc) is 3.56. The summed E-state index contributed by atoms with van der Waals surface area (Å²) in [4.78, 5) is 15.3. The number of nitrogens with zero attached hydrogens (tertiary/aromatic N) is 4. The lowest BCUT2D eigenvalue weighted by Gasteiger charge is -2.15. The molecule has 51 heavy (non-hydrogen) atoms. The first kappa shape index (κ1) is 29.0. The van der Waals surface area contributed by atoms with Crippen LogP contribution < -0.4 is 0 Å². The summed E-state index contributed by atoms with van der Waals surface area (Å²) in [5, 5.41) is 5.91. The molecule has 0 radical (unpaired) electrons. The number of para-hydroxylation sites is 2. The molecule has 0 atom stereocenters. The number of fused-ring (bicyclic) bond motifs is 7. The lowest BCUT2D eigenvalue weighted by atomic mass is 9.97. The van der Waals surface area contributed by atoms with Gasteiger partial charge >= 0.3 is 0 Å². The van der Waals surface area contributed by atoms with Crippen LogP contribution in [-0.4, -0.2) is 19.5 Å². The summed E-state index contributed by atoms with van der Waals surface area (Å²) in [7, 11) is 0. The molecule has 0 N–H and O–H groups in total. The SMILES string of the molecule is c1ccc(-c2cc(-c3ccc(-n4c5ccccc5c5ccc6c(-c7ccccc7)nc7ccccc7c6c54)cc3)nc(-c3ccccc3)n2)cc1. The van der Waals surface area contributed by atoms with Crippen LogP contribution in [0.5, 0.6) is 0 Å². The fourth-order valence-corrected chi connectivity index (χ4v) is 7.42. The van der Waals surface area contributed by atoms with E-state index in [-0.39, 0.29) is 0 Å². The Bertz CT molecular complexity index is 2820. The first-order valence-corrected chi connectivity index (χ1v) is 17.2. The molecule has 0 aliphatic rings. The summed E-state index contributed by atoms with van der Waals surface area (Å²) >= 11 is 0. The third-order valence-electron chi connectivity index (χ3n) is 9.79. The van der Waals surface area contributed by atoms with Crippen molar-refractivity contribution in [3.8, 4) is 50.8 Å². The highest BCUT2D eigenvalue weighted by Gasteiger charge is 2.20. The molecule has 0 bridgehead atoms. The fourth-order valence-electron chi connectivity index (χ4n) is 7.42. The van der Waals surface area contributed by atoms with E-state index in [9.17, 15) is 0 Å². The molecule has 0 saturated heterocycles. The van der Waals surface area contributed by atoms with Crippen molar-refractivity contribution < 1.29 is 0 Å². The van der Waals surface area contributed by atoms with E-state index < -0.39 is 0 Å². The second-order valence-corrected chi connectivity index (χ2v) is 12.8. The van der Waals surface area contributed by atoms with Crippen molar-refractivity contribution in [2.24, 2.45) is 0 Å². The van der Waals surface area contributed by atoms with Gasteiger partial charge in [0.05, 0.1) is 33.6 Å². The Morgan fingerprint density at radius 1 is 0.373 bits per heavy atom. The largest absolute Gasteiger partial charge is 0.309 e. The third kappa shape index (κ3) is 4.88. The van der Waals surface area contributed by atoms with Crippen LogP contribution in [-0.2, 0) is 0 Å². The fraction of sp³-hybridized carbons (Fsp3) is 0. The monoisotopic (exact) mass is 650 g/mol. The van der Waals surface area contributed by atoms with Gasteiger partial charge in [0.1, 0.15) is 0 Å². The Morgan fingerprint density at radius 3 is 1.63 bits per heavy atom. The summed E-state index contributed by atoms with van der Waals surface area (Å²) in [6, 6.07) is 63.7. The minimum Gasteiger partial charge on any atom is -0.309 e. The zero-order valence-corrected chi connectivity index (χ0v) is 27.6. The molecule has 4 nitrogen and oxygen atoms in total. The van der Waals surface area contributed by atoms with Gasteiger partial charge in [0, 0.05) is 54.9 Å². The molecule has 10 rings (SSSR count). The Balaban J connectivity index is 1.21. The highest BCUT2D eigenvalue weighted by atomic mass is 15.0. The maximum Gasteiger partial charge on any atom is 0.160 e. The molecule has 0 aliphatic carbocycles. The van der Waals surface area contributed by atoms with Crippen molar-refractivity contribution in [3.63, 3.8) is 0 Å². The molecule has 0 spiro atoms. The summed E-state index contributed by atoms with van der Waals surface area (Å²) in [6.07, 6.45) is 0. The highest BCUT2D eigenvalue weighted by Crippen LogP contribution is 2.42.